The van der Waals surface area contributed by atoms with Crippen LogP contribution < -0.4 is 0 Å². The van der Waals surface area contributed by atoms with Gasteiger partial charge in [0.15, 0.2) is 0 Å². The zero-order valence-electron chi connectivity index (χ0n) is 10.5. The van der Waals surface area contributed by atoms with E-state index in [2.05, 4.69) is 32.6 Å². The van der Waals surface area contributed by atoms with E-state index < -0.39 is 0 Å². The molecule has 0 aliphatic carbocycles. The van der Waals surface area contributed by atoms with Crippen molar-refractivity contribution >= 4 is 45.4 Å². The molecule has 4 heteroatoms. The lowest BCUT2D eigenvalue weighted by Gasteiger charge is -2.03. The van der Waals surface area contributed by atoms with Gasteiger partial charge >= 0.3 is 0 Å². The smallest absolute Gasteiger partial charge is 0.124 e. The molecule has 0 spiro atoms. The van der Waals surface area contributed by atoms with Crippen molar-refractivity contribution in [3.8, 4) is 5.75 Å². The molecule has 0 atom stereocenters. The van der Waals surface area contributed by atoms with E-state index in [0.29, 0.717) is 5.56 Å². The summed E-state index contributed by atoms with van der Waals surface area (Å²) >= 11 is 2.29. The van der Waals surface area contributed by atoms with E-state index in [9.17, 15) is 5.11 Å². The van der Waals surface area contributed by atoms with Crippen molar-refractivity contribution in [1.82, 2.24) is 4.98 Å². The molecule has 1 heterocycles. The molecule has 3 nitrogen and oxygen atoms in total. The van der Waals surface area contributed by atoms with Crippen LogP contribution in [0.5, 0.6) is 5.75 Å². The fourth-order valence-corrected chi connectivity index (χ4v) is 2.58. The maximum Gasteiger partial charge on any atom is 0.124 e. The fourth-order valence-electron chi connectivity index (χ4n) is 1.96. The predicted molar refractivity (Wildman–Crippen MR) is 89.8 cm³/mol. The van der Waals surface area contributed by atoms with Gasteiger partial charge in [0, 0.05) is 26.9 Å². The highest BCUT2D eigenvalue weighted by molar-refractivity contribution is 14.1. The number of fused-ring (bicyclic) bond motifs is 1. The van der Waals surface area contributed by atoms with Gasteiger partial charge in [-0.15, -0.1) is 0 Å². The summed E-state index contributed by atoms with van der Waals surface area (Å²) in [5.74, 6) is 0.221. The Morgan fingerprint density at radius 2 is 1.90 bits per heavy atom. The highest BCUT2D eigenvalue weighted by atomic mass is 127. The molecule has 0 unspecified atom stereocenters. The molecular weight excluding hydrogens is 363 g/mol. The Labute approximate surface area is 130 Å². The van der Waals surface area contributed by atoms with E-state index in [1.54, 1.807) is 24.5 Å². The van der Waals surface area contributed by atoms with Gasteiger partial charge in [-0.3, -0.25) is 9.98 Å². The van der Waals surface area contributed by atoms with Crippen LogP contribution in [0.2, 0.25) is 0 Å². The van der Waals surface area contributed by atoms with Crippen LogP contribution in [0.25, 0.3) is 10.9 Å². The molecule has 98 valence electrons. The summed E-state index contributed by atoms with van der Waals surface area (Å²) < 4.78 is 1.15. The van der Waals surface area contributed by atoms with Crippen LogP contribution in [-0.4, -0.2) is 16.3 Å². The summed E-state index contributed by atoms with van der Waals surface area (Å²) in [4.78, 5) is 8.85. The van der Waals surface area contributed by atoms with Crippen LogP contribution in [0.3, 0.4) is 0 Å². The lowest BCUT2D eigenvalue weighted by Crippen LogP contribution is -1.84. The number of hydrogen-bond acceptors (Lipinski definition) is 3. The molecule has 0 saturated carbocycles. The lowest BCUT2D eigenvalue weighted by atomic mass is 10.2. The average Bonchev–Trinajstić information content (AvgIpc) is 2.48. The van der Waals surface area contributed by atoms with Crippen LogP contribution >= 0.6 is 22.6 Å². The van der Waals surface area contributed by atoms with Crippen molar-refractivity contribution in [1.29, 1.82) is 0 Å². The van der Waals surface area contributed by atoms with Gasteiger partial charge in [-0.25, -0.2) is 0 Å². The van der Waals surface area contributed by atoms with E-state index in [0.717, 1.165) is 20.2 Å². The van der Waals surface area contributed by atoms with E-state index in [-0.39, 0.29) is 5.75 Å². The van der Waals surface area contributed by atoms with Gasteiger partial charge in [0.2, 0.25) is 0 Å². The molecule has 0 fully saturated rings. The summed E-state index contributed by atoms with van der Waals surface area (Å²) in [5.41, 5.74) is 2.35. The number of rotatable bonds is 2. The van der Waals surface area contributed by atoms with Crippen LogP contribution in [0.1, 0.15) is 5.56 Å². The number of benzene rings is 2. The minimum absolute atomic E-state index is 0.221. The molecule has 1 aromatic heterocycles. The first-order chi connectivity index (χ1) is 9.75. The van der Waals surface area contributed by atoms with Crippen LogP contribution in [0, 0.1) is 3.57 Å². The molecular formula is C16H11IN2O. The number of halogens is 1. The minimum Gasteiger partial charge on any atom is -0.507 e. The van der Waals surface area contributed by atoms with Gasteiger partial charge in [-0.2, -0.15) is 0 Å². The Kier molecular flexibility index (Phi) is 3.64. The Hall–Kier alpha value is -1.95. The Morgan fingerprint density at radius 3 is 2.75 bits per heavy atom. The number of para-hydroxylation sites is 1. The average molecular weight is 374 g/mol. The van der Waals surface area contributed by atoms with Crippen molar-refractivity contribution in [2.75, 3.05) is 0 Å². The van der Waals surface area contributed by atoms with Crippen LogP contribution in [0.4, 0.5) is 5.69 Å². The van der Waals surface area contributed by atoms with Gasteiger partial charge in [0.1, 0.15) is 5.75 Å². The summed E-state index contributed by atoms with van der Waals surface area (Å²) in [6.07, 6.45) is 3.42. The number of pyridine rings is 1. The first-order valence-corrected chi connectivity index (χ1v) is 7.19. The number of phenols is 1. The number of phenolic OH excluding ortho intramolecular Hbond substituents is 1. The first kappa shape index (κ1) is 13.1. The zero-order valence-corrected chi connectivity index (χ0v) is 12.7. The maximum atomic E-state index is 9.74. The number of aromatic hydroxyl groups is 1. The minimum atomic E-state index is 0.221. The SMILES string of the molecule is Oc1ccccc1C=Nc1ccc(I)c2cccnc12. The lowest BCUT2D eigenvalue weighted by molar-refractivity contribution is 0.474. The third-order valence-corrected chi connectivity index (χ3v) is 3.92. The fraction of sp³-hybridized carbons (Fsp3) is 0. The third kappa shape index (κ3) is 2.51. The summed E-state index contributed by atoms with van der Waals surface area (Å²) in [5, 5.41) is 10.8. The quantitative estimate of drug-likeness (QED) is 0.537. The molecule has 0 amide bonds. The van der Waals surface area contributed by atoms with Gasteiger partial charge in [-0.05, 0) is 52.9 Å². The Bertz CT molecular complexity index is 799. The molecule has 0 saturated heterocycles. The molecule has 3 aromatic rings. The van der Waals surface area contributed by atoms with Crippen molar-refractivity contribution in [3.63, 3.8) is 0 Å². The molecule has 0 aliphatic rings. The van der Waals surface area contributed by atoms with E-state index >= 15 is 0 Å². The first-order valence-electron chi connectivity index (χ1n) is 6.11. The summed E-state index contributed by atoms with van der Waals surface area (Å²) in [6.45, 7) is 0. The van der Waals surface area contributed by atoms with Crippen molar-refractivity contribution in [2.24, 2.45) is 4.99 Å². The van der Waals surface area contributed by atoms with Crippen LogP contribution in [-0.2, 0) is 0 Å². The van der Waals surface area contributed by atoms with Crippen LogP contribution in [0.15, 0.2) is 59.7 Å². The standard InChI is InChI=1S/C16H11IN2O/c17-13-7-8-14(16-12(13)5-3-9-18-16)19-10-11-4-1-2-6-15(11)20/h1-10,20H. The summed E-state index contributed by atoms with van der Waals surface area (Å²) in [6, 6.07) is 15.0. The highest BCUT2D eigenvalue weighted by Gasteiger charge is 2.04. The second-order valence-electron chi connectivity index (χ2n) is 4.28. The molecule has 0 aliphatic heterocycles. The molecule has 0 bridgehead atoms. The number of aliphatic imine (C=N–C) groups is 1. The van der Waals surface area contributed by atoms with Crippen molar-refractivity contribution in [3.05, 3.63) is 63.9 Å². The number of aromatic nitrogens is 1. The second kappa shape index (κ2) is 5.58. The van der Waals surface area contributed by atoms with Crippen molar-refractivity contribution < 1.29 is 5.11 Å². The second-order valence-corrected chi connectivity index (χ2v) is 5.45. The van der Waals surface area contributed by atoms with E-state index in [4.69, 9.17) is 0 Å². The van der Waals surface area contributed by atoms with Gasteiger partial charge in [0.05, 0.1) is 11.2 Å². The number of hydrogen-bond donors (Lipinski definition) is 1. The topological polar surface area (TPSA) is 45.5 Å². The molecule has 3 rings (SSSR count). The van der Waals surface area contributed by atoms with E-state index in [1.807, 2.05) is 36.4 Å². The highest BCUT2D eigenvalue weighted by Crippen LogP contribution is 2.28. The molecule has 2 aromatic carbocycles. The molecule has 1 N–H and O–H groups in total. The third-order valence-electron chi connectivity index (χ3n) is 2.97. The number of nitrogens with zero attached hydrogens (tertiary/aromatic N) is 2. The van der Waals surface area contributed by atoms with Gasteiger partial charge < -0.3 is 5.11 Å². The van der Waals surface area contributed by atoms with Gasteiger partial charge in [-0.1, -0.05) is 18.2 Å². The zero-order chi connectivity index (χ0) is 13.9. The van der Waals surface area contributed by atoms with Crippen molar-refractivity contribution in [2.45, 2.75) is 0 Å². The predicted octanol–water partition coefficient (Wildman–Crippen LogP) is 4.30. The van der Waals surface area contributed by atoms with E-state index in [1.165, 1.54) is 0 Å². The monoisotopic (exact) mass is 374 g/mol. The molecule has 0 radical (unpaired) electrons. The summed E-state index contributed by atoms with van der Waals surface area (Å²) in [7, 11) is 0. The Balaban J connectivity index is 2.08. The Morgan fingerprint density at radius 1 is 1.05 bits per heavy atom. The van der Waals surface area contributed by atoms with Gasteiger partial charge in [0.25, 0.3) is 0 Å². The normalized spacial score (nSPS) is 11.2. The molecule has 20 heavy (non-hydrogen) atoms. The largest absolute Gasteiger partial charge is 0.507 e. The maximum absolute atomic E-state index is 9.74.